The van der Waals surface area contributed by atoms with Crippen LogP contribution < -0.4 is 0 Å². The minimum absolute atomic E-state index is 0.0280. The molecule has 0 atom stereocenters. The first kappa shape index (κ1) is 15.6. The van der Waals surface area contributed by atoms with Crippen molar-refractivity contribution in [2.24, 2.45) is 0 Å². The molecule has 0 spiro atoms. The molecule has 0 bridgehead atoms. The molecule has 1 aliphatic heterocycles. The van der Waals surface area contributed by atoms with E-state index >= 15 is 0 Å². The normalized spacial score (nSPS) is 18.1. The van der Waals surface area contributed by atoms with Crippen LogP contribution in [0.5, 0.6) is 0 Å². The number of carbonyl (C=O) groups is 1. The molecule has 0 saturated carbocycles. The molecule has 1 fully saturated rings. The maximum absolute atomic E-state index is 12.1. The lowest BCUT2D eigenvalue weighted by Crippen LogP contribution is -2.46. The number of rotatable bonds is 2. The number of hydrogen-bond acceptors (Lipinski definition) is 2. The molecule has 1 saturated heterocycles. The largest absolute Gasteiger partial charge is 0.444 e. The van der Waals surface area contributed by atoms with Gasteiger partial charge >= 0.3 is 6.09 Å². The Labute approximate surface area is 127 Å². The van der Waals surface area contributed by atoms with Gasteiger partial charge in [-0.05, 0) is 39.2 Å². The summed E-state index contributed by atoms with van der Waals surface area (Å²) in [5.74, 6) is 0. The lowest BCUT2D eigenvalue weighted by atomic mass is 9.73. The van der Waals surface area contributed by atoms with Crippen molar-refractivity contribution in [1.29, 1.82) is 0 Å². The van der Waals surface area contributed by atoms with Gasteiger partial charge in [0.15, 0.2) is 0 Å². The molecule has 1 aliphatic rings. The third kappa shape index (κ3) is 3.66. The van der Waals surface area contributed by atoms with Crippen molar-refractivity contribution in [3.63, 3.8) is 0 Å². The molecule has 1 aromatic rings. The van der Waals surface area contributed by atoms with E-state index < -0.39 is 5.60 Å². The zero-order chi connectivity index (χ0) is 15.5. The van der Waals surface area contributed by atoms with Crippen LogP contribution >= 0.6 is 0 Å². The molecule has 1 heterocycles. The van der Waals surface area contributed by atoms with Crippen molar-refractivity contribution >= 4 is 6.09 Å². The van der Waals surface area contributed by atoms with E-state index in [1.165, 1.54) is 5.56 Å². The Balaban J connectivity index is 2.05. The standard InChI is InChI=1S/C18H25NO2/c1-5-18(15-9-7-6-8-10-15)11-13-19(14-12-18)16(20)21-17(2,3)4/h5-10H,1,11-14H2,2-4H3. The van der Waals surface area contributed by atoms with Crippen LogP contribution in [0.1, 0.15) is 39.2 Å². The number of carbonyl (C=O) groups excluding carboxylic acids is 1. The van der Waals surface area contributed by atoms with Gasteiger partial charge in [-0.15, -0.1) is 6.58 Å². The summed E-state index contributed by atoms with van der Waals surface area (Å²) in [6.07, 6.45) is 3.60. The van der Waals surface area contributed by atoms with E-state index in [9.17, 15) is 4.79 Å². The zero-order valence-corrected chi connectivity index (χ0v) is 13.3. The van der Waals surface area contributed by atoms with E-state index in [0.717, 1.165) is 12.8 Å². The van der Waals surface area contributed by atoms with Crippen LogP contribution in [0.4, 0.5) is 4.79 Å². The highest BCUT2D eigenvalue weighted by atomic mass is 16.6. The second-order valence-electron chi connectivity index (χ2n) is 6.69. The van der Waals surface area contributed by atoms with Crippen LogP contribution in [-0.4, -0.2) is 29.7 Å². The van der Waals surface area contributed by atoms with Crippen molar-refractivity contribution in [2.75, 3.05) is 13.1 Å². The van der Waals surface area contributed by atoms with Gasteiger partial charge in [0.1, 0.15) is 5.60 Å². The summed E-state index contributed by atoms with van der Waals surface area (Å²) in [5, 5.41) is 0. The van der Waals surface area contributed by atoms with Crippen LogP contribution in [0.2, 0.25) is 0 Å². The highest BCUT2D eigenvalue weighted by Crippen LogP contribution is 2.36. The first-order chi connectivity index (χ1) is 9.86. The Morgan fingerprint density at radius 1 is 1.24 bits per heavy atom. The maximum Gasteiger partial charge on any atom is 0.410 e. The molecule has 0 radical (unpaired) electrons. The molecule has 21 heavy (non-hydrogen) atoms. The third-order valence-corrected chi connectivity index (χ3v) is 4.05. The molecule has 0 aliphatic carbocycles. The Bertz CT molecular complexity index is 494. The average molecular weight is 287 g/mol. The van der Waals surface area contributed by atoms with E-state index in [0.29, 0.717) is 13.1 Å². The third-order valence-electron chi connectivity index (χ3n) is 4.05. The van der Waals surface area contributed by atoms with Crippen molar-refractivity contribution < 1.29 is 9.53 Å². The molecule has 3 heteroatoms. The molecule has 0 unspecified atom stereocenters. The number of amides is 1. The smallest absolute Gasteiger partial charge is 0.410 e. The molecule has 114 valence electrons. The van der Waals surface area contributed by atoms with Crippen molar-refractivity contribution in [1.82, 2.24) is 4.90 Å². The van der Waals surface area contributed by atoms with E-state index in [1.54, 1.807) is 4.90 Å². The van der Waals surface area contributed by atoms with Crippen LogP contribution in [0.15, 0.2) is 43.0 Å². The summed E-state index contributed by atoms with van der Waals surface area (Å²) in [5.41, 5.74) is 0.812. The molecular weight excluding hydrogens is 262 g/mol. The number of hydrogen-bond donors (Lipinski definition) is 0. The quantitative estimate of drug-likeness (QED) is 0.765. The lowest BCUT2D eigenvalue weighted by molar-refractivity contribution is 0.0183. The van der Waals surface area contributed by atoms with Gasteiger partial charge in [0.25, 0.3) is 0 Å². The average Bonchev–Trinajstić information content (AvgIpc) is 2.46. The topological polar surface area (TPSA) is 29.5 Å². The molecule has 3 nitrogen and oxygen atoms in total. The van der Waals surface area contributed by atoms with Gasteiger partial charge in [-0.2, -0.15) is 0 Å². The second-order valence-corrected chi connectivity index (χ2v) is 6.69. The predicted molar refractivity (Wildman–Crippen MR) is 85.4 cm³/mol. The summed E-state index contributed by atoms with van der Waals surface area (Å²) in [7, 11) is 0. The van der Waals surface area contributed by atoms with Gasteiger partial charge in [0.05, 0.1) is 0 Å². The van der Waals surface area contributed by atoms with Crippen LogP contribution in [0.25, 0.3) is 0 Å². The molecule has 2 rings (SSSR count). The number of nitrogens with zero attached hydrogens (tertiary/aromatic N) is 1. The maximum atomic E-state index is 12.1. The minimum Gasteiger partial charge on any atom is -0.444 e. The SMILES string of the molecule is C=CC1(c2ccccc2)CCN(C(=O)OC(C)(C)C)CC1. The number of benzene rings is 1. The first-order valence-electron chi connectivity index (χ1n) is 7.53. The summed E-state index contributed by atoms with van der Waals surface area (Å²) in [4.78, 5) is 13.9. The Kier molecular flexibility index (Phi) is 4.40. The van der Waals surface area contributed by atoms with E-state index in [-0.39, 0.29) is 11.5 Å². The van der Waals surface area contributed by atoms with Crippen molar-refractivity contribution in [3.05, 3.63) is 48.6 Å². The molecule has 0 N–H and O–H groups in total. The Morgan fingerprint density at radius 3 is 2.29 bits per heavy atom. The molecule has 0 aromatic heterocycles. The highest BCUT2D eigenvalue weighted by molar-refractivity contribution is 5.68. The fourth-order valence-electron chi connectivity index (χ4n) is 2.80. The Hall–Kier alpha value is -1.77. The van der Waals surface area contributed by atoms with Crippen molar-refractivity contribution in [3.8, 4) is 0 Å². The number of likely N-dealkylation sites (tertiary alicyclic amines) is 1. The predicted octanol–water partition coefficient (Wildman–Crippen LogP) is 4.14. The van der Waals surface area contributed by atoms with E-state index in [2.05, 4.69) is 30.8 Å². The summed E-state index contributed by atoms with van der Waals surface area (Å²) >= 11 is 0. The van der Waals surface area contributed by atoms with Crippen LogP contribution in [0.3, 0.4) is 0 Å². The van der Waals surface area contributed by atoms with Gasteiger partial charge in [-0.3, -0.25) is 0 Å². The summed E-state index contributed by atoms with van der Waals surface area (Å²) < 4.78 is 5.45. The highest BCUT2D eigenvalue weighted by Gasteiger charge is 2.36. The summed E-state index contributed by atoms with van der Waals surface area (Å²) in [6.45, 7) is 11.1. The fourth-order valence-corrected chi connectivity index (χ4v) is 2.80. The van der Waals surface area contributed by atoms with Gasteiger partial charge in [-0.1, -0.05) is 36.4 Å². The number of allylic oxidation sites excluding steroid dienone is 1. The minimum atomic E-state index is -0.441. The first-order valence-corrected chi connectivity index (χ1v) is 7.53. The molecular formula is C18H25NO2. The fraction of sp³-hybridized carbons (Fsp3) is 0.500. The lowest BCUT2D eigenvalue weighted by Gasteiger charge is -2.40. The zero-order valence-electron chi connectivity index (χ0n) is 13.3. The Morgan fingerprint density at radius 2 is 1.81 bits per heavy atom. The van der Waals surface area contributed by atoms with Gasteiger partial charge < -0.3 is 9.64 Å². The summed E-state index contributed by atoms with van der Waals surface area (Å²) in [6, 6.07) is 10.4. The van der Waals surface area contributed by atoms with Gasteiger partial charge in [0.2, 0.25) is 0 Å². The second kappa shape index (κ2) is 5.92. The number of ether oxygens (including phenoxy) is 1. The number of piperidine rings is 1. The van der Waals surface area contributed by atoms with E-state index in [1.807, 2.05) is 32.9 Å². The molecule has 1 aromatic carbocycles. The van der Waals surface area contributed by atoms with Crippen LogP contribution in [0, 0.1) is 0 Å². The van der Waals surface area contributed by atoms with E-state index in [4.69, 9.17) is 4.74 Å². The van der Waals surface area contributed by atoms with Gasteiger partial charge in [0, 0.05) is 18.5 Å². The monoisotopic (exact) mass is 287 g/mol. The molecule has 1 amide bonds. The van der Waals surface area contributed by atoms with Gasteiger partial charge in [-0.25, -0.2) is 4.79 Å². The van der Waals surface area contributed by atoms with Crippen LogP contribution in [-0.2, 0) is 10.2 Å². The van der Waals surface area contributed by atoms with Crippen molar-refractivity contribution in [2.45, 2.75) is 44.6 Å².